The SMILES string of the molecule is CCC.CCC(C)(C)C(=O)OCC(F)(F)F. The van der Waals surface area contributed by atoms with E-state index in [0.29, 0.717) is 6.42 Å². The summed E-state index contributed by atoms with van der Waals surface area (Å²) >= 11 is 0. The maximum atomic E-state index is 11.6. The Bertz CT molecular complexity index is 198. The number of carbonyl (C=O) groups excluding carboxylic acids is 1. The second kappa shape index (κ2) is 7.52. The van der Waals surface area contributed by atoms with Crippen molar-refractivity contribution in [1.82, 2.24) is 0 Å². The number of rotatable bonds is 3. The number of hydrogen-bond donors (Lipinski definition) is 0. The first kappa shape index (κ1) is 17.6. The molecule has 0 aliphatic rings. The first-order chi connectivity index (χ1) is 7.10. The highest BCUT2D eigenvalue weighted by Crippen LogP contribution is 2.23. The molecule has 0 saturated carbocycles. The molecule has 5 heteroatoms. The molecule has 0 aromatic heterocycles. The number of esters is 1. The number of alkyl halides is 3. The minimum absolute atomic E-state index is 0.448. The third kappa shape index (κ3) is 9.80. The maximum Gasteiger partial charge on any atom is 0.422 e. The van der Waals surface area contributed by atoms with Crippen LogP contribution in [0.2, 0.25) is 0 Å². The van der Waals surface area contributed by atoms with Gasteiger partial charge in [-0.1, -0.05) is 27.2 Å². The van der Waals surface area contributed by atoms with Crippen LogP contribution in [0.5, 0.6) is 0 Å². The van der Waals surface area contributed by atoms with Crippen LogP contribution in [0.1, 0.15) is 47.5 Å². The fraction of sp³-hybridized carbons (Fsp3) is 0.909. The molecule has 0 aromatic rings. The molecular formula is C11H21F3O2. The summed E-state index contributed by atoms with van der Waals surface area (Å²) in [6.07, 6.45) is -2.75. The first-order valence-corrected chi connectivity index (χ1v) is 5.34. The topological polar surface area (TPSA) is 26.3 Å². The molecule has 0 spiro atoms. The Morgan fingerprint density at radius 1 is 1.12 bits per heavy atom. The summed E-state index contributed by atoms with van der Waals surface area (Å²) in [4.78, 5) is 11.0. The first-order valence-electron chi connectivity index (χ1n) is 5.34. The van der Waals surface area contributed by atoms with Gasteiger partial charge in [-0.2, -0.15) is 13.2 Å². The van der Waals surface area contributed by atoms with E-state index in [2.05, 4.69) is 18.6 Å². The molecule has 0 aliphatic heterocycles. The van der Waals surface area contributed by atoms with Crippen LogP contribution in [0.25, 0.3) is 0 Å². The molecule has 0 atom stereocenters. The van der Waals surface area contributed by atoms with Crippen LogP contribution < -0.4 is 0 Å². The minimum atomic E-state index is -4.44. The molecule has 0 rings (SSSR count). The second-order valence-electron chi connectivity index (χ2n) is 4.14. The van der Waals surface area contributed by atoms with E-state index in [1.165, 1.54) is 6.42 Å². The zero-order valence-electron chi connectivity index (χ0n) is 10.6. The van der Waals surface area contributed by atoms with E-state index >= 15 is 0 Å². The summed E-state index contributed by atoms with van der Waals surface area (Å²) in [6, 6.07) is 0. The van der Waals surface area contributed by atoms with E-state index in [-0.39, 0.29) is 0 Å². The zero-order chi connectivity index (χ0) is 13.4. The van der Waals surface area contributed by atoms with E-state index in [9.17, 15) is 18.0 Å². The smallest absolute Gasteiger partial charge is 0.422 e. The molecule has 0 amide bonds. The van der Waals surface area contributed by atoms with Crippen molar-refractivity contribution < 1.29 is 22.7 Å². The Hall–Kier alpha value is -0.740. The largest absolute Gasteiger partial charge is 0.456 e. The van der Waals surface area contributed by atoms with Crippen molar-refractivity contribution in [3.05, 3.63) is 0 Å². The summed E-state index contributed by atoms with van der Waals surface area (Å²) in [5, 5.41) is 0. The predicted molar refractivity (Wildman–Crippen MR) is 57.1 cm³/mol. The third-order valence-corrected chi connectivity index (χ3v) is 1.80. The van der Waals surface area contributed by atoms with Crippen LogP contribution in [-0.2, 0) is 9.53 Å². The van der Waals surface area contributed by atoms with Gasteiger partial charge in [-0.3, -0.25) is 4.79 Å². The summed E-state index contributed by atoms with van der Waals surface area (Å²) in [5.74, 6) is -0.813. The molecule has 0 heterocycles. The van der Waals surface area contributed by atoms with Crippen LogP contribution in [0.3, 0.4) is 0 Å². The van der Waals surface area contributed by atoms with E-state index in [1.807, 2.05) is 0 Å². The molecule has 0 N–H and O–H groups in total. The molecule has 16 heavy (non-hydrogen) atoms. The number of ether oxygens (including phenoxy) is 1. The van der Waals surface area contributed by atoms with Crippen molar-refractivity contribution in [1.29, 1.82) is 0 Å². The highest BCUT2D eigenvalue weighted by Gasteiger charge is 2.33. The van der Waals surface area contributed by atoms with Crippen LogP contribution in [-0.4, -0.2) is 18.8 Å². The van der Waals surface area contributed by atoms with Crippen LogP contribution in [0.4, 0.5) is 13.2 Å². The molecule has 0 radical (unpaired) electrons. The second-order valence-corrected chi connectivity index (χ2v) is 4.14. The molecule has 0 bridgehead atoms. The van der Waals surface area contributed by atoms with Gasteiger partial charge in [0.05, 0.1) is 5.41 Å². The molecule has 2 nitrogen and oxygen atoms in total. The van der Waals surface area contributed by atoms with Crippen molar-refractivity contribution in [3.63, 3.8) is 0 Å². The van der Waals surface area contributed by atoms with E-state index in [1.54, 1.807) is 20.8 Å². The van der Waals surface area contributed by atoms with Gasteiger partial charge in [0.15, 0.2) is 6.61 Å². The lowest BCUT2D eigenvalue weighted by Gasteiger charge is -2.20. The summed E-state index contributed by atoms with van der Waals surface area (Å²) < 4.78 is 39.0. The van der Waals surface area contributed by atoms with Gasteiger partial charge < -0.3 is 4.74 Å². The molecule has 98 valence electrons. The van der Waals surface area contributed by atoms with Crippen LogP contribution >= 0.6 is 0 Å². The molecule has 0 aliphatic carbocycles. The molecular weight excluding hydrogens is 221 g/mol. The fourth-order valence-electron chi connectivity index (χ4n) is 0.487. The Kier molecular flexibility index (Phi) is 8.29. The quantitative estimate of drug-likeness (QED) is 0.700. The van der Waals surface area contributed by atoms with E-state index in [0.717, 1.165) is 0 Å². The number of carbonyl (C=O) groups is 1. The molecule has 0 fully saturated rings. The van der Waals surface area contributed by atoms with E-state index in [4.69, 9.17) is 0 Å². The summed E-state index contributed by atoms with van der Waals surface area (Å²) in [5.41, 5.74) is -0.842. The lowest BCUT2D eigenvalue weighted by atomic mass is 9.91. The number of halogens is 3. The highest BCUT2D eigenvalue weighted by molar-refractivity contribution is 5.75. The highest BCUT2D eigenvalue weighted by atomic mass is 19.4. The van der Waals surface area contributed by atoms with Crippen molar-refractivity contribution in [2.24, 2.45) is 5.41 Å². The van der Waals surface area contributed by atoms with Gasteiger partial charge in [0, 0.05) is 0 Å². The Labute approximate surface area is 95.2 Å². The molecule has 0 unspecified atom stereocenters. The van der Waals surface area contributed by atoms with Crippen molar-refractivity contribution in [2.45, 2.75) is 53.6 Å². The summed E-state index contributed by atoms with van der Waals surface area (Å²) in [6.45, 7) is 7.56. The average Bonchev–Trinajstić information content (AvgIpc) is 2.14. The fourth-order valence-corrected chi connectivity index (χ4v) is 0.487. The normalized spacial score (nSPS) is 11.5. The number of hydrogen-bond acceptors (Lipinski definition) is 2. The molecule has 0 aromatic carbocycles. The monoisotopic (exact) mass is 242 g/mol. The Balaban J connectivity index is 0. The third-order valence-electron chi connectivity index (χ3n) is 1.80. The Morgan fingerprint density at radius 2 is 1.50 bits per heavy atom. The molecule has 0 saturated heterocycles. The van der Waals surface area contributed by atoms with E-state index < -0.39 is 24.2 Å². The van der Waals surface area contributed by atoms with Gasteiger partial charge in [-0.15, -0.1) is 0 Å². The van der Waals surface area contributed by atoms with Gasteiger partial charge in [0.25, 0.3) is 0 Å². The van der Waals surface area contributed by atoms with Crippen molar-refractivity contribution >= 4 is 5.97 Å². The zero-order valence-corrected chi connectivity index (χ0v) is 10.6. The Morgan fingerprint density at radius 3 is 1.75 bits per heavy atom. The van der Waals surface area contributed by atoms with Gasteiger partial charge in [-0.05, 0) is 20.3 Å². The van der Waals surface area contributed by atoms with Crippen LogP contribution in [0, 0.1) is 5.41 Å². The van der Waals surface area contributed by atoms with Crippen LogP contribution in [0.15, 0.2) is 0 Å². The van der Waals surface area contributed by atoms with Gasteiger partial charge in [0.2, 0.25) is 0 Å². The van der Waals surface area contributed by atoms with Crippen molar-refractivity contribution in [2.75, 3.05) is 6.61 Å². The lowest BCUT2D eigenvalue weighted by molar-refractivity contribution is -0.192. The average molecular weight is 242 g/mol. The van der Waals surface area contributed by atoms with Gasteiger partial charge >= 0.3 is 12.1 Å². The minimum Gasteiger partial charge on any atom is -0.456 e. The van der Waals surface area contributed by atoms with Gasteiger partial charge in [-0.25, -0.2) is 0 Å². The predicted octanol–water partition coefficient (Wildman–Crippen LogP) is 3.94. The lowest BCUT2D eigenvalue weighted by Crippen LogP contribution is -2.29. The standard InChI is InChI=1S/C8H13F3O2.C3H8/c1-4-7(2,3)6(12)13-5-8(9,10)11;1-3-2/h4-5H2,1-3H3;3H2,1-2H3. The summed E-state index contributed by atoms with van der Waals surface area (Å²) in [7, 11) is 0. The van der Waals surface area contributed by atoms with Gasteiger partial charge in [0.1, 0.15) is 0 Å². The maximum absolute atomic E-state index is 11.6. The van der Waals surface area contributed by atoms with Crippen molar-refractivity contribution in [3.8, 4) is 0 Å².